The van der Waals surface area contributed by atoms with Gasteiger partial charge < -0.3 is 9.52 Å². The summed E-state index contributed by atoms with van der Waals surface area (Å²) in [5, 5.41) is 10.5. The molecule has 1 aromatic heterocycles. The normalized spacial score (nSPS) is 14.0. The predicted molar refractivity (Wildman–Crippen MR) is 84.6 cm³/mol. The van der Waals surface area contributed by atoms with Crippen LogP contribution in [0.2, 0.25) is 10.0 Å². The van der Waals surface area contributed by atoms with Crippen molar-refractivity contribution in [3.8, 4) is 0 Å². The van der Waals surface area contributed by atoms with Gasteiger partial charge in [0.1, 0.15) is 10.9 Å². The Morgan fingerprint density at radius 3 is 2.50 bits per heavy atom. The molecule has 0 fully saturated rings. The maximum absolute atomic E-state index is 12.0. The van der Waals surface area contributed by atoms with Crippen LogP contribution < -0.4 is 0 Å². The van der Waals surface area contributed by atoms with E-state index in [0.29, 0.717) is 32.3 Å². The summed E-state index contributed by atoms with van der Waals surface area (Å²) in [6, 6.07) is 9.95. The molecule has 1 heterocycles. The number of halogens is 2. The van der Waals surface area contributed by atoms with E-state index in [9.17, 15) is 9.90 Å². The number of rotatable bonds is 3. The van der Waals surface area contributed by atoms with Crippen LogP contribution in [0.15, 0.2) is 47.2 Å². The number of aromatic nitrogens is 1. The van der Waals surface area contributed by atoms with Crippen LogP contribution in [0.3, 0.4) is 0 Å². The molecule has 22 heavy (non-hydrogen) atoms. The van der Waals surface area contributed by atoms with E-state index in [0.717, 1.165) is 0 Å². The molecule has 0 aliphatic heterocycles. The first-order chi connectivity index (χ1) is 10.4. The lowest BCUT2D eigenvalue weighted by atomic mass is 9.76. The standard InChI is InChI=1S/C16H11Cl2NO3/c1-16(15(20)21,9-2-4-11(17)12(18)6-9)10-3-5-14-13(7-10)19-8-22-14/h2-8H,1H3,(H,20,21). The zero-order valence-corrected chi connectivity index (χ0v) is 13.0. The second kappa shape index (κ2) is 5.30. The smallest absolute Gasteiger partial charge is 0.318 e. The molecule has 0 spiro atoms. The minimum Gasteiger partial charge on any atom is -0.480 e. The Balaban J connectivity index is 2.22. The fourth-order valence-electron chi connectivity index (χ4n) is 2.39. The highest BCUT2D eigenvalue weighted by molar-refractivity contribution is 6.42. The summed E-state index contributed by atoms with van der Waals surface area (Å²) in [5.74, 6) is -0.992. The van der Waals surface area contributed by atoms with Crippen LogP contribution in [0.1, 0.15) is 18.1 Å². The van der Waals surface area contributed by atoms with Crippen LogP contribution >= 0.6 is 23.2 Å². The monoisotopic (exact) mass is 335 g/mol. The second-order valence-electron chi connectivity index (χ2n) is 5.09. The van der Waals surface area contributed by atoms with E-state index in [-0.39, 0.29) is 0 Å². The summed E-state index contributed by atoms with van der Waals surface area (Å²) >= 11 is 12.0. The maximum Gasteiger partial charge on any atom is 0.318 e. The molecule has 112 valence electrons. The molecule has 0 saturated carbocycles. The summed E-state index contributed by atoms with van der Waals surface area (Å²) in [7, 11) is 0. The molecule has 0 radical (unpaired) electrons. The first kappa shape index (κ1) is 14.9. The van der Waals surface area contributed by atoms with Crippen molar-refractivity contribution in [1.82, 2.24) is 4.98 Å². The van der Waals surface area contributed by atoms with E-state index in [4.69, 9.17) is 27.6 Å². The van der Waals surface area contributed by atoms with E-state index in [2.05, 4.69) is 4.98 Å². The molecule has 0 saturated heterocycles. The van der Waals surface area contributed by atoms with Crippen LogP contribution in [0, 0.1) is 0 Å². The highest BCUT2D eigenvalue weighted by Gasteiger charge is 2.38. The summed E-state index contributed by atoms with van der Waals surface area (Å²) < 4.78 is 5.19. The molecule has 0 aliphatic rings. The van der Waals surface area contributed by atoms with Crippen molar-refractivity contribution in [3.63, 3.8) is 0 Å². The molecule has 0 amide bonds. The van der Waals surface area contributed by atoms with Crippen LogP contribution in [0.4, 0.5) is 0 Å². The summed E-state index contributed by atoms with van der Waals surface area (Å²) in [4.78, 5) is 16.0. The van der Waals surface area contributed by atoms with Crippen LogP contribution in [-0.4, -0.2) is 16.1 Å². The molecule has 0 bridgehead atoms. The van der Waals surface area contributed by atoms with E-state index in [1.807, 2.05) is 0 Å². The number of carbonyl (C=O) groups is 1. The molecule has 1 atom stereocenters. The minimum atomic E-state index is -1.28. The van der Waals surface area contributed by atoms with E-state index < -0.39 is 11.4 Å². The van der Waals surface area contributed by atoms with Gasteiger partial charge in [-0.15, -0.1) is 0 Å². The molecule has 3 aromatic rings. The van der Waals surface area contributed by atoms with Gasteiger partial charge in [0, 0.05) is 0 Å². The summed E-state index contributed by atoms with van der Waals surface area (Å²) in [6.07, 6.45) is 1.33. The highest BCUT2D eigenvalue weighted by Crippen LogP contribution is 2.36. The average molecular weight is 336 g/mol. The summed E-state index contributed by atoms with van der Waals surface area (Å²) in [6.45, 7) is 1.62. The molecule has 3 rings (SSSR count). The Morgan fingerprint density at radius 2 is 1.82 bits per heavy atom. The van der Waals surface area contributed by atoms with E-state index >= 15 is 0 Å². The molecular weight excluding hydrogens is 325 g/mol. The summed E-state index contributed by atoms with van der Waals surface area (Å²) in [5.41, 5.74) is 1.05. The van der Waals surface area contributed by atoms with Gasteiger partial charge in [0.15, 0.2) is 12.0 Å². The Kier molecular flexibility index (Phi) is 3.59. The van der Waals surface area contributed by atoms with Crippen molar-refractivity contribution in [2.75, 3.05) is 0 Å². The fraction of sp³-hybridized carbons (Fsp3) is 0.125. The largest absolute Gasteiger partial charge is 0.480 e. The van der Waals surface area contributed by atoms with E-state index in [1.54, 1.807) is 43.3 Å². The number of aliphatic carboxylic acids is 1. The Labute approximate surface area is 136 Å². The minimum absolute atomic E-state index is 0.314. The number of hydrogen-bond acceptors (Lipinski definition) is 3. The lowest BCUT2D eigenvalue weighted by Gasteiger charge is -2.26. The van der Waals surface area contributed by atoms with E-state index in [1.165, 1.54) is 6.39 Å². The zero-order chi connectivity index (χ0) is 15.9. The molecule has 1 N–H and O–H groups in total. The molecule has 0 aliphatic carbocycles. The average Bonchev–Trinajstić information content (AvgIpc) is 2.96. The van der Waals surface area contributed by atoms with Crippen molar-refractivity contribution in [2.45, 2.75) is 12.3 Å². The molecule has 1 unspecified atom stereocenters. The first-order valence-electron chi connectivity index (χ1n) is 6.45. The van der Waals surface area contributed by atoms with Gasteiger partial charge in [0.05, 0.1) is 10.0 Å². The van der Waals surface area contributed by atoms with Gasteiger partial charge in [0.25, 0.3) is 0 Å². The van der Waals surface area contributed by atoms with Gasteiger partial charge in [-0.25, -0.2) is 4.98 Å². The second-order valence-corrected chi connectivity index (χ2v) is 5.91. The number of nitrogens with zero attached hydrogens (tertiary/aromatic N) is 1. The van der Waals surface area contributed by atoms with Crippen molar-refractivity contribution < 1.29 is 14.3 Å². The van der Waals surface area contributed by atoms with Gasteiger partial charge in [0.2, 0.25) is 0 Å². The number of hydrogen-bond donors (Lipinski definition) is 1. The third kappa shape index (κ3) is 2.25. The number of carboxylic acids is 1. The fourth-order valence-corrected chi connectivity index (χ4v) is 2.69. The third-order valence-electron chi connectivity index (χ3n) is 3.83. The van der Waals surface area contributed by atoms with Crippen LogP contribution in [-0.2, 0) is 10.2 Å². The quantitative estimate of drug-likeness (QED) is 0.763. The maximum atomic E-state index is 12.0. The Hall–Kier alpha value is -2.04. The molecular formula is C16H11Cl2NO3. The Morgan fingerprint density at radius 1 is 1.14 bits per heavy atom. The number of carboxylic acid groups (broad SMARTS) is 1. The number of oxazole rings is 1. The van der Waals surface area contributed by atoms with Crippen molar-refractivity contribution >= 4 is 40.3 Å². The van der Waals surface area contributed by atoms with Gasteiger partial charge in [-0.1, -0.05) is 35.3 Å². The Bertz CT molecular complexity index is 875. The van der Waals surface area contributed by atoms with Crippen molar-refractivity contribution in [2.24, 2.45) is 0 Å². The topological polar surface area (TPSA) is 63.3 Å². The highest BCUT2D eigenvalue weighted by atomic mass is 35.5. The lowest BCUT2D eigenvalue weighted by molar-refractivity contribution is -0.141. The first-order valence-corrected chi connectivity index (χ1v) is 7.21. The SMILES string of the molecule is CC(C(=O)O)(c1ccc(Cl)c(Cl)c1)c1ccc2ocnc2c1. The van der Waals surface area contributed by atoms with Crippen molar-refractivity contribution in [1.29, 1.82) is 0 Å². The zero-order valence-electron chi connectivity index (χ0n) is 11.5. The number of fused-ring (bicyclic) bond motifs is 1. The molecule has 2 aromatic carbocycles. The lowest BCUT2D eigenvalue weighted by Crippen LogP contribution is -2.33. The van der Waals surface area contributed by atoms with Gasteiger partial charge in [-0.2, -0.15) is 0 Å². The van der Waals surface area contributed by atoms with Gasteiger partial charge >= 0.3 is 5.97 Å². The third-order valence-corrected chi connectivity index (χ3v) is 4.57. The van der Waals surface area contributed by atoms with Crippen molar-refractivity contribution in [3.05, 3.63) is 64.0 Å². The number of benzene rings is 2. The molecule has 6 heteroatoms. The van der Waals surface area contributed by atoms with Crippen LogP contribution in [0.25, 0.3) is 11.1 Å². The predicted octanol–water partition coefficient (Wildman–Crippen LogP) is 4.53. The van der Waals surface area contributed by atoms with Gasteiger partial charge in [-0.3, -0.25) is 4.79 Å². The van der Waals surface area contributed by atoms with Gasteiger partial charge in [-0.05, 0) is 42.3 Å². The molecule has 4 nitrogen and oxygen atoms in total. The van der Waals surface area contributed by atoms with Crippen LogP contribution in [0.5, 0.6) is 0 Å².